The van der Waals surface area contributed by atoms with Crippen LogP contribution in [0.4, 0.5) is 0 Å². The van der Waals surface area contributed by atoms with Crippen LogP contribution < -0.4 is 10.6 Å². The highest BCUT2D eigenvalue weighted by Gasteiger charge is 2.11. The second-order valence-electron chi connectivity index (χ2n) is 7.25. The van der Waals surface area contributed by atoms with E-state index < -0.39 is 9.84 Å². The van der Waals surface area contributed by atoms with E-state index >= 15 is 0 Å². The Bertz CT molecular complexity index is 1150. The summed E-state index contributed by atoms with van der Waals surface area (Å²) in [6, 6.07) is 13.7. The molecule has 8 heteroatoms. The Morgan fingerprint density at radius 2 is 1.83 bits per heavy atom. The Hall–Kier alpha value is -2.07. The van der Waals surface area contributed by atoms with Gasteiger partial charge in [-0.2, -0.15) is 0 Å². The second-order valence-corrected chi connectivity index (χ2v) is 9.23. The summed E-state index contributed by atoms with van der Waals surface area (Å²) in [7, 11) is -1.46. The summed E-state index contributed by atoms with van der Waals surface area (Å²) in [6.45, 7) is 5.24. The highest BCUT2D eigenvalue weighted by Crippen LogP contribution is 2.22. The van der Waals surface area contributed by atoms with Crippen molar-refractivity contribution in [2.24, 2.45) is 4.99 Å². The quantitative estimate of drug-likeness (QED) is 0.253. The average Bonchev–Trinajstić information content (AvgIpc) is 2.99. The lowest BCUT2D eigenvalue weighted by Gasteiger charge is -2.13. The average molecular weight is 540 g/mol. The molecule has 2 aromatic carbocycles. The van der Waals surface area contributed by atoms with E-state index in [2.05, 4.69) is 45.7 Å². The van der Waals surface area contributed by atoms with Gasteiger partial charge in [-0.25, -0.2) is 8.42 Å². The first-order valence-corrected chi connectivity index (χ1v) is 11.5. The van der Waals surface area contributed by atoms with Gasteiger partial charge in [0.15, 0.2) is 15.8 Å². The first-order chi connectivity index (χ1) is 13.8. The van der Waals surface area contributed by atoms with Crippen LogP contribution in [0.5, 0.6) is 0 Å². The molecular weight excluding hydrogens is 511 g/mol. The molecule has 1 heterocycles. The van der Waals surface area contributed by atoms with Crippen molar-refractivity contribution in [3.63, 3.8) is 0 Å². The molecule has 0 atom stereocenters. The molecule has 0 aliphatic heterocycles. The van der Waals surface area contributed by atoms with Crippen molar-refractivity contribution in [1.29, 1.82) is 0 Å². The van der Waals surface area contributed by atoms with Crippen molar-refractivity contribution in [1.82, 2.24) is 15.6 Å². The summed E-state index contributed by atoms with van der Waals surface area (Å²) in [5.74, 6) is 0.715. The van der Waals surface area contributed by atoms with E-state index in [0.29, 0.717) is 17.4 Å². The standard InChI is InChI=1S/C22H28N4O2S.HI/c1-15-13-17(9-10-21(15)29(4,27)28)14-25-22(23-3)24-12-11-18-16(2)26-20-8-6-5-7-19(18)20;/h5-10,13,26H,11-12,14H2,1-4H3,(H2,23,24,25);1H. The van der Waals surface area contributed by atoms with Crippen LogP contribution in [0.2, 0.25) is 0 Å². The summed E-state index contributed by atoms with van der Waals surface area (Å²) < 4.78 is 23.5. The van der Waals surface area contributed by atoms with Gasteiger partial charge in [0.05, 0.1) is 4.90 Å². The molecule has 30 heavy (non-hydrogen) atoms. The van der Waals surface area contributed by atoms with Crippen LogP contribution in [0.25, 0.3) is 10.9 Å². The maximum Gasteiger partial charge on any atom is 0.191 e. The maximum atomic E-state index is 11.8. The second kappa shape index (κ2) is 10.3. The molecule has 0 aliphatic carbocycles. The van der Waals surface area contributed by atoms with Crippen molar-refractivity contribution in [2.75, 3.05) is 19.8 Å². The van der Waals surface area contributed by atoms with Gasteiger partial charge in [-0.1, -0.05) is 30.3 Å². The number of rotatable bonds is 6. The third-order valence-electron chi connectivity index (χ3n) is 5.02. The highest BCUT2D eigenvalue weighted by molar-refractivity contribution is 14.0. The Morgan fingerprint density at radius 3 is 2.50 bits per heavy atom. The first-order valence-electron chi connectivity index (χ1n) is 9.60. The number of sulfone groups is 1. The third-order valence-corrected chi connectivity index (χ3v) is 6.27. The number of fused-ring (bicyclic) bond motifs is 1. The van der Waals surface area contributed by atoms with E-state index in [1.807, 2.05) is 25.1 Å². The Kier molecular flexibility index (Phi) is 8.31. The minimum Gasteiger partial charge on any atom is -0.358 e. The third kappa shape index (κ3) is 5.75. The molecule has 0 fully saturated rings. The molecular formula is C22H29IN4O2S. The summed E-state index contributed by atoms with van der Waals surface area (Å²) in [5.41, 5.74) is 5.43. The first kappa shape index (κ1) is 24.2. The summed E-state index contributed by atoms with van der Waals surface area (Å²) in [4.78, 5) is 8.08. The largest absolute Gasteiger partial charge is 0.358 e. The molecule has 6 nitrogen and oxygen atoms in total. The fourth-order valence-electron chi connectivity index (χ4n) is 3.61. The Labute approximate surface area is 195 Å². The van der Waals surface area contributed by atoms with Gasteiger partial charge in [0.1, 0.15) is 0 Å². The highest BCUT2D eigenvalue weighted by atomic mass is 127. The van der Waals surface area contributed by atoms with Crippen LogP contribution in [0.15, 0.2) is 52.4 Å². The van der Waals surface area contributed by atoms with Gasteiger partial charge < -0.3 is 15.6 Å². The van der Waals surface area contributed by atoms with Crippen molar-refractivity contribution >= 4 is 50.7 Å². The number of benzene rings is 2. The normalized spacial score (nSPS) is 11.9. The molecule has 0 saturated carbocycles. The van der Waals surface area contributed by atoms with E-state index in [0.717, 1.165) is 29.6 Å². The van der Waals surface area contributed by atoms with Crippen molar-refractivity contribution in [3.05, 3.63) is 64.8 Å². The molecule has 3 rings (SSSR count). The number of aromatic nitrogens is 1. The fourth-order valence-corrected chi connectivity index (χ4v) is 4.57. The van der Waals surface area contributed by atoms with Crippen LogP contribution in [0, 0.1) is 13.8 Å². The van der Waals surface area contributed by atoms with E-state index in [4.69, 9.17) is 0 Å². The topological polar surface area (TPSA) is 86.3 Å². The zero-order chi connectivity index (χ0) is 21.0. The number of halogens is 1. The number of aliphatic imine (C=N–C) groups is 1. The van der Waals surface area contributed by atoms with Crippen LogP contribution >= 0.6 is 24.0 Å². The van der Waals surface area contributed by atoms with Crippen molar-refractivity contribution < 1.29 is 8.42 Å². The monoisotopic (exact) mass is 540 g/mol. The molecule has 3 aromatic rings. The molecule has 0 amide bonds. The maximum absolute atomic E-state index is 11.8. The number of para-hydroxylation sites is 1. The molecule has 0 radical (unpaired) electrons. The van der Waals surface area contributed by atoms with Crippen molar-refractivity contribution in [3.8, 4) is 0 Å². The predicted molar refractivity (Wildman–Crippen MR) is 135 cm³/mol. The zero-order valence-electron chi connectivity index (χ0n) is 17.7. The molecule has 3 N–H and O–H groups in total. The van der Waals surface area contributed by atoms with Gasteiger partial charge in [0.2, 0.25) is 0 Å². The summed E-state index contributed by atoms with van der Waals surface area (Å²) in [6.07, 6.45) is 2.12. The smallest absolute Gasteiger partial charge is 0.191 e. The Balaban J connectivity index is 0.00000320. The molecule has 1 aromatic heterocycles. The SMILES string of the molecule is CN=C(NCCc1c(C)[nH]c2ccccc12)NCc1ccc(S(C)(=O)=O)c(C)c1.I. The van der Waals surface area contributed by atoms with Crippen LogP contribution in [0.1, 0.15) is 22.4 Å². The number of aromatic amines is 1. The van der Waals surface area contributed by atoms with Crippen LogP contribution in [-0.2, 0) is 22.8 Å². The number of nitrogens with zero attached hydrogens (tertiary/aromatic N) is 1. The number of guanidine groups is 1. The zero-order valence-corrected chi connectivity index (χ0v) is 20.9. The van der Waals surface area contributed by atoms with Gasteiger partial charge in [-0.05, 0) is 49.1 Å². The van der Waals surface area contributed by atoms with Gasteiger partial charge in [0.25, 0.3) is 0 Å². The fraction of sp³-hybridized carbons (Fsp3) is 0.318. The van der Waals surface area contributed by atoms with Gasteiger partial charge in [-0.15, -0.1) is 24.0 Å². The van der Waals surface area contributed by atoms with Crippen molar-refractivity contribution in [2.45, 2.75) is 31.7 Å². The Morgan fingerprint density at radius 1 is 1.10 bits per heavy atom. The number of hydrogen-bond acceptors (Lipinski definition) is 3. The van der Waals surface area contributed by atoms with Gasteiger partial charge in [0, 0.05) is 43.0 Å². The lowest BCUT2D eigenvalue weighted by molar-refractivity contribution is 0.601. The van der Waals surface area contributed by atoms with E-state index in [9.17, 15) is 8.42 Å². The van der Waals surface area contributed by atoms with Gasteiger partial charge >= 0.3 is 0 Å². The lowest BCUT2D eigenvalue weighted by atomic mass is 10.1. The van der Waals surface area contributed by atoms with E-state index in [-0.39, 0.29) is 24.0 Å². The summed E-state index contributed by atoms with van der Waals surface area (Å²) in [5, 5.41) is 7.89. The van der Waals surface area contributed by atoms with Crippen LogP contribution in [0.3, 0.4) is 0 Å². The number of H-pyrrole nitrogens is 1. The molecule has 0 unspecified atom stereocenters. The summed E-state index contributed by atoms with van der Waals surface area (Å²) >= 11 is 0. The van der Waals surface area contributed by atoms with Crippen LogP contribution in [-0.4, -0.2) is 39.2 Å². The minimum atomic E-state index is -3.20. The predicted octanol–water partition coefficient (Wildman–Crippen LogP) is 3.71. The molecule has 0 saturated heterocycles. The number of aryl methyl sites for hydroxylation is 2. The molecule has 0 aliphatic rings. The van der Waals surface area contributed by atoms with Gasteiger partial charge in [-0.3, -0.25) is 4.99 Å². The number of nitrogens with one attached hydrogen (secondary N) is 3. The molecule has 162 valence electrons. The molecule has 0 bridgehead atoms. The van der Waals surface area contributed by atoms with E-state index in [1.54, 1.807) is 13.1 Å². The van der Waals surface area contributed by atoms with E-state index in [1.165, 1.54) is 22.9 Å². The molecule has 0 spiro atoms. The lowest BCUT2D eigenvalue weighted by Crippen LogP contribution is -2.37. The minimum absolute atomic E-state index is 0. The number of hydrogen-bond donors (Lipinski definition) is 3.